The topological polar surface area (TPSA) is 63.2 Å². The lowest BCUT2D eigenvalue weighted by Gasteiger charge is -2.20. The lowest BCUT2D eigenvalue weighted by atomic mass is 10.2. The summed E-state index contributed by atoms with van der Waals surface area (Å²) in [6.45, 7) is 0. The summed E-state index contributed by atoms with van der Waals surface area (Å²) in [5.41, 5.74) is 2.00. The molecule has 32 heavy (non-hydrogen) atoms. The van der Waals surface area contributed by atoms with Crippen molar-refractivity contribution in [2.24, 2.45) is 0 Å². The van der Waals surface area contributed by atoms with Crippen LogP contribution in [0.25, 0.3) is 6.08 Å². The Labute approximate surface area is 223 Å². The lowest BCUT2D eigenvalue weighted by molar-refractivity contribution is -0.112. The molecular formula is C22H13Br4NO3S2. The Morgan fingerprint density at radius 3 is 2.31 bits per heavy atom. The lowest BCUT2D eigenvalue weighted by Crippen LogP contribution is -2.18. The Morgan fingerprint density at radius 2 is 1.62 bits per heavy atom. The number of thioether (sulfide) groups is 1. The molecule has 1 aliphatic rings. The van der Waals surface area contributed by atoms with Gasteiger partial charge in [0.1, 0.15) is 0 Å². The average molecular weight is 723 g/mol. The maximum Gasteiger partial charge on any atom is 0.262 e. The third-order valence-corrected chi connectivity index (χ3v) is 10.1. The summed E-state index contributed by atoms with van der Waals surface area (Å²) < 4.78 is 29.3. The van der Waals surface area contributed by atoms with Gasteiger partial charge >= 0.3 is 0 Å². The number of amides is 1. The number of benzene rings is 3. The molecule has 0 atom stereocenters. The van der Waals surface area contributed by atoms with Crippen LogP contribution in [0, 0.1) is 0 Å². The first-order valence-electron chi connectivity index (χ1n) is 9.10. The highest BCUT2D eigenvalue weighted by Gasteiger charge is 2.25. The molecule has 0 aliphatic carbocycles. The zero-order valence-electron chi connectivity index (χ0n) is 16.0. The van der Waals surface area contributed by atoms with Crippen LogP contribution in [0.15, 0.2) is 87.2 Å². The normalized spacial score (nSPS) is 14.9. The van der Waals surface area contributed by atoms with E-state index < -0.39 is 9.84 Å². The molecule has 10 heteroatoms. The first kappa shape index (κ1) is 24.2. The molecule has 3 aromatic rings. The Hall–Kier alpha value is -0.910. The highest BCUT2D eigenvalue weighted by molar-refractivity contribution is 9.11. The van der Waals surface area contributed by atoms with Crippen LogP contribution in [0.3, 0.4) is 0 Å². The van der Waals surface area contributed by atoms with Gasteiger partial charge in [-0.2, -0.15) is 0 Å². The fraction of sp³-hybridized carbons (Fsp3) is 0.0455. The maximum atomic E-state index is 13.1. The van der Waals surface area contributed by atoms with E-state index in [9.17, 15) is 13.2 Å². The summed E-state index contributed by atoms with van der Waals surface area (Å²) in [5.74, 6) is -0.446. The predicted molar refractivity (Wildman–Crippen MR) is 143 cm³/mol. The predicted octanol–water partition coefficient (Wildman–Crippen LogP) is 7.80. The molecule has 1 amide bonds. The highest BCUT2D eigenvalue weighted by atomic mass is 79.9. The quantitative estimate of drug-likeness (QED) is 0.280. The first-order valence-corrected chi connectivity index (χ1v) is 14.7. The molecule has 0 fully saturated rings. The van der Waals surface area contributed by atoms with Crippen molar-refractivity contribution in [2.45, 2.75) is 15.5 Å². The molecule has 0 saturated heterocycles. The van der Waals surface area contributed by atoms with Gasteiger partial charge in [-0.3, -0.25) is 4.79 Å². The highest BCUT2D eigenvalue weighted by Crippen LogP contribution is 2.41. The van der Waals surface area contributed by atoms with E-state index in [-0.39, 0.29) is 16.6 Å². The van der Waals surface area contributed by atoms with Crippen LogP contribution in [-0.2, 0) is 20.4 Å². The molecule has 164 valence electrons. The van der Waals surface area contributed by atoms with Crippen molar-refractivity contribution in [3.8, 4) is 0 Å². The van der Waals surface area contributed by atoms with Crippen molar-refractivity contribution in [1.82, 2.24) is 0 Å². The van der Waals surface area contributed by atoms with E-state index in [1.54, 1.807) is 30.3 Å². The second-order valence-electron chi connectivity index (χ2n) is 6.85. The first-order chi connectivity index (χ1) is 15.1. The van der Waals surface area contributed by atoms with Crippen LogP contribution in [0.5, 0.6) is 0 Å². The molecule has 0 spiro atoms. The van der Waals surface area contributed by atoms with Crippen molar-refractivity contribution in [3.05, 3.63) is 88.5 Å². The van der Waals surface area contributed by atoms with Crippen molar-refractivity contribution < 1.29 is 13.2 Å². The third kappa shape index (κ3) is 5.26. The van der Waals surface area contributed by atoms with E-state index >= 15 is 0 Å². The number of rotatable bonds is 4. The molecule has 0 bridgehead atoms. The van der Waals surface area contributed by atoms with Gasteiger partial charge in [0.15, 0.2) is 9.84 Å². The van der Waals surface area contributed by atoms with Crippen molar-refractivity contribution in [2.75, 3.05) is 5.32 Å². The fourth-order valence-electron chi connectivity index (χ4n) is 3.04. The largest absolute Gasteiger partial charge is 0.320 e. The molecular weight excluding hydrogens is 710 g/mol. The van der Waals surface area contributed by atoms with Gasteiger partial charge in [-0.1, -0.05) is 87.6 Å². The molecule has 1 N–H and O–H groups in total. The zero-order valence-corrected chi connectivity index (χ0v) is 24.0. The summed E-state index contributed by atoms with van der Waals surface area (Å²) >= 11 is 15.1. The number of hydrogen-bond donors (Lipinski definition) is 1. The summed E-state index contributed by atoms with van der Waals surface area (Å²) in [5, 5.41) is 2.82. The van der Waals surface area contributed by atoms with E-state index in [2.05, 4.69) is 69.0 Å². The molecule has 0 saturated carbocycles. The average Bonchev–Trinajstić information content (AvgIpc) is 2.73. The van der Waals surface area contributed by atoms with Crippen molar-refractivity contribution in [3.63, 3.8) is 0 Å². The van der Waals surface area contributed by atoms with Gasteiger partial charge in [-0.05, 0) is 59.7 Å². The van der Waals surface area contributed by atoms with E-state index in [4.69, 9.17) is 0 Å². The second kappa shape index (κ2) is 9.76. The minimum atomic E-state index is -3.63. The van der Waals surface area contributed by atoms with Gasteiger partial charge in [-0.25, -0.2) is 8.42 Å². The van der Waals surface area contributed by atoms with Crippen LogP contribution in [-0.4, -0.2) is 14.3 Å². The Kier molecular flexibility index (Phi) is 7.38. The SMILES string of the molecule is O=C1Nc2cc(S(=O)(=O)Cc3c(Br)cccc3Br)ccc2S/C1=C\c1ccc(Br)cc1Br. The smallest absolute Gasteiger partial charge is 0.262 e. The number of fused-ring (bicyclic) bond motifs is 1. The van der Waals surface area contributed by atoms with Crippen LogP contribution < -0.4 is 5.32 Å². The molecule has 4 nitrogen and oxygen atoms in total. The van der Waals surface area contributed by atoms with Crippen LogP contribution in [0.4, 0.5) is 5.69 Å². The van der Waals surface area contributed by atoms with Crippen LogP contribution in [0.2, 0.25) is 0 Å². The standard InChI is InChI=1S/C22H13Br4NO3S2/c23-13-5-4-12(18(26)9-13)8-21-22(28)27-19-10-14(6-7-20(19)31-21)32(29,30)11-15-16(24)2-1-3-17(15)25/h1-10H,11H2,(H,27,28)/b21-8-. The van der Waals surface area contributed by atoms with Crippen molar-refractivity contribution >= 4 is 103 Å². The van der Waals surface area contributed by atoms with Gasteiger partial charge in [0.2, 0.25) is 0 Å². The van der Waals surface area contributed by atoms with Crippen LogP contribution in [0.1, 0.15) is 11.1 Å². The fourth-order valence-corrected chi connectivity index (χ4v) is 8.20. The summed E-state index contributed by atoms with van der Waals surface area (Å²) in [6, 6.07) is 16.0. The summed E-state index contributed by atoms with van der Waals surface area (Å²) in [6.07, 6.45) is 1.80. The minimum absolute atomic E-state index is 0.155. The number of nitrogens with one attached hydrogen (secondary N) is 1. The van der Waals surface area contributed by atoms with Gasteiger partial charge in [0.25, 0.3) is 5.91 Å². The zero-order chi connectivity index (χ0) is 23.0. The van der Waals surface area contributed by atoms with E-state index in [0.29, 0.717) is 25.1 Å². The Morgan fingerprint density at radius 1 is 0.906 bits per heavy atom. The summed E-state index contributed by atoms with van der Waals surface area (Å²) in [4.78, 5) is 14.2. The Balaban J connectivity index is 1.63. The maximum absolute atomic E-state index is 13.1. The number of carbonyl (C=O) groups is 1. The minimum Gasteiger partial charge on any atom is -0.320 e. The van der Waals surface area contributed by atoms with Gasteiger partial charge in [0, 0.05) is 22.8 Å². The van der Waals surface area contributed by atoms with Crippen molar-refractivity contribution in [1.29, 1.82) is 0 Å². The number of hydrogen-bond acceptors (Lipinski definition) is 4. The Bertz CT molecular complexity index is 1370. The molecule has 0 radical (unpaired) electrons. The van der Waals surface area contributed by atoms with Gasteiger partial charge in [-0.15, -0.1) is 0 Å². The van der Waals surface area contributed by atoms with Gasteiger partial charge < -0.3 is 5.32 Å². The monoisotopic (exact) mass is 719 g/mol. The molecule has 1 aliphatic heterocycles. The molecule has 4 rings (SSSR count). The molecule has 3 aromatic carbocycles. The number of anilines is 1. The van der Waals surface area contributed by atoms with E-state index in [1.165, 1.54) is 17.8 Å². The molecule has 0 unspecified atom stereocenters. The number of sulfone groups is 1. The molecule has 0 aromatic heterocycles. The van der Waals surface area contributed by atoms with E-state index in [1.807, 2.05) is 24.3 Å². The van der Waals surface area contributed by atoms with Gasteiger partial charge in [0.05, 0.1) is 21.2 Å². The molecule has 1 heterocycles. The van der Waals surface area contributed by atoms with Crippen LogP contribution >= 0.6 is 75.5 Å². The number of halogens is 4. The second-order valence-corrected chi connectivity index (χ2v) is 13.4. The summed E-state index contributed by atoms with van der Waals surface area (Å²) in [7, 11) is -3.63. The number of carbonyl (C=O) groups excluding carboxylic acids is 1. The van der Waals surface area contributed by atoms with E-state index in [0.717, 1.165) is 19.4 Å². The third-order valence-electron chi connectivity index (χ3n) is 4.65.